The van der Waals surface area contributed by atoms with Gasteiger partial charge in [-0.25, -0.2) is 4.79 Å². The van der Waals surface area contributed by atoms with E-state index < -0.39 is 11.2 Å². The zero-order valence-electron chi connectivity index (χ0n) is 15.0. The maximum atomic E-state index is 12.5. The molecule has 2 N–H and O–H groups in total. The van der Waals surface area contributed by atoms with E-state index in [2.05, 4.69) is 15.5 Å². The third kappa shape index (κ3) is 5.36. The summed E-state index contributed by atoms with van der Waals surface area (Å²) in [5, 5.41) is 6.65. The Bertz CT molecular complexity index is 716. The molecular formula is C16H26N4O4. The molecule has 8 nitrogen and oxygen atoms in total. The van der Waals surface area contributed by atoms with Gasteiger partial charge in [-0.2, -0.15) is 0 Å². The van der Waals surface area contributed by atoms with Gasteiger partial charge in [-0.3, -0.25) is 14.2 Å². The first-order valence-electron chi connectivity index (χ1n) is 7.97. The molecule has 1 unspecified atom stereocenters. The molecule has 1 amide bonds. The van der Waals surface area contributed by atoms with Gasteiger partial charge in [0.2, 0.25) is 5.91 Å². The van der Waals surface area contributed by atoms with Gasteiger partial charge in [0.15, 0.2) is 0 Å². The second kappa shape index (κ2) is 8.47. The number of aromatic nitrogens is 2. The maximum absolute atomic E-state index is 12.5. The Morgan fingerprint density at radius 3 is 2.46 bits per heavy atom. The zero-order chi connectivity index (χ0) is 18.4. The van der Waals surface area contributed by atoms with Crippen LogP contribution in [0.2, 0.25) is 0 Å². The Kier molecular flexibility index (Phi) is 6.94. The molecule has 1 aromatic heterocycles. The lowest BCUT2D eigenvalue weighted by Crippen LogP contribution is -2.45. The van der Waals surface area contributed by atoms with E-state index in [0.717, 1.165) is 4.57 Å². The summed E-state index contributed by atoms with van der Waals surface area (Å²) >= 11 is 0. The zero-order valence-corrected chi connectivity index (χ0v) is 15.0. The van der Waals surface area contributed by atoms with Crippen LogP contribution >= 0.6 is 0 Å². The van der Waals surface area contributed by atoms with E-state index in [1.807, 2.05) is 13.8 Å². The van der Waals surface area contributed by atoms with E-state index in [4.69, 9.17) is 4.84 Å². The van der Waals surface area contributed by atoms with Crippen molar-refractivity contribution >= 4 is 11.6 Å². The van der Waals surface area contributed by atoms with Crippen LogP contribution in [0.25, 0.3) is 0 Å². The van der Waals surface area contributed by atoms with Gasteiger partial charge in [-0.05, 0) is 27.7 Å². The first kappa shape index (κ1) is 19.7. The molecule has 0 spiro atoms. The highest BCUT2D eigenvalue weighted by atomic mass is 16.6. The van der Waals surface area contributed by atoms with E-state index >= 15 is 0 Å². The van der Waals surface area contributed by atoms with Crippen molar-refractivity contribution in [2.24, 2.45) is 11.1 Å². The first-order chi connectivity index (χ1) is 11.1. The molecule has 0 fully saturated rings. The minimum Gasteiger partial charge on any atom is -0.393 e. The molecule has 1 rings (SSSR count). The first-order valence-corrected chi connectivity index (χ1v) is 7.97. The number of nitrogens with zero attached hydrogens (tertiary/aromatic N) is 2. The van der Waals surface area contributed by atoms with Gasteiger partial charge < -0.3 is 15.1 Å². The number of hydrogen-bond acceptors (Lipinski definition) is 5. The molecule has 0 aliphatic heterocycles. The Balaban J connectivity index is 3.06. The van der Waals surface area contributed by atoms with Crippen LogP contribution in [0.4, 0.5) is 0 Å². The third-order valence-electron chi connectivity index (χ3n) is 3.22. The number of rotatable bonds is 7. The lowest BCUT2D eigenvalue weighted by Gasteiger charge is -2.16. The molecule has 0 aromatic carbocycles. The molecule has 8 heteroatoms. The number of nitrogens with one attached hydrogen (secondary N) is 2. The molecule has 134 valence electrons. The summed E-state index contributed by atoms with van der Waals surface area (Å²) in [5.41, 5.74) is -0.389. The SMILES string of the molecule is CC(=NOC(C)C)c1c[nH]c(=O)n(CC(C)NC(=O)C(C)C)c1=O. The molecule has 1 aromatic rings. The normalized spacial score (nSPS) is 13.2. The van der Waals surface area contributed by atoms with E-state index in [1.165, 1.54) is 6.20 Å². The van der Waals surface area contributed by atoms with Crippen molar-refractivity contribution in [2.45, 2.75) is 60.2 Å². The molecule has 1 heterocycles. The second-order valence-corrected chi connectivity index (χ2v) is 6.32. The highest BCUT2D eigenvalue weighted by Gasteiger charge is 2.15. The van der Waals surface area contributed by atoms with E-state index in [9.17, 15) is 14.4 Å². The fourth-order valence-electron chi connectivity index (χ4n) is 1.90. The van der Waals surface area contributed by atoms with Crippen LogP contribution in [0.5, 0.6) is 0 Å². The minimum absolute atomic E-state index is 0.0682. The van der Waals surface area contributed by atoms with Crippen LogP contribution < -0.4 is 16.6 Å². The van der Waals surface area contributed by atoms with Crippen LogP contribution in [0.15, 0.2) is 20.9 Å². The molecule has 0 bridgehead atoms. The quantitative estimate of drug-likeness (QED) is 0.568. The van der Waals surface area contributed by atoms with E-state index in [1.54, 1.807) is 27.7 Å². The van der Waals surface area contributed by atoms with Crippen LogP contribution in [-0.4, -0.2) is 33.3 Å². The van der Waals surface area contributed by atoms with Gasteiger partial charge in [-0.15, -0.1) is 0 Å². The minimum atomic E-state index is -0.535. The molecule has 1 atom stereocenters. The number of amides is 1. The summed E-state index contributed by atoms with van der Waals surface area (Å²) < 4.78 is 1.05. The second-order valence-electron chi connectivity index (χ2n) is 6.32. The summed E-state index contributed by atoms with van der Waals surface area (Å²) in [6, 6.07) is -0.363. The summed E-state index contributed by atoms with van der Waals surface area (Å²) in [5.74, 6) is -0.303. The van der Waals surface area contributed by atoms with Gasteiger partial charge in [-0.1, -0.05) is 19.0 Å². The van der Waals surface area contributed by atoms with Crippen molar-refractivity contribution in [2.75, 3.05) is 0 Å². The number of aromatic amines is 1. The van der Waals surface area contributed by atoms with E-state index in [0.29, 0.717) is 5.71 Å². The standard InChI is InChI=1S/C16H26N4O4/c1-9(2)14(21)18-11(5)8-20-15(22)13(7-17-16(20)23)12(6)19-24-10(3)4/h7,9-11H,8H2,1-6H3,(H,17,23)(H,18,21). The Morgan fingerprint density at radius 2 is 1.92 bits per heavy atom. The van der Waals surface area contributed by atoms with Crippen LogP contribution in [0, 0.1) is 5.92 Å². The molecule has 0 saturated carbocycles. The summed E-state index contributed by atoms with van der Waals surface area (Å²) in [6.45, 7) is 10.6. The summed E-state index contributed by atoms with van der Waals surface area (Å²) in [7, 11) is 0. The van der Waals surface area contributed by atoms with Crippen molar-refractivity contribution in [3.05, 3.63) is 32.6 Å². The largest absolute Gasteiger partial charge is 0.393 e. The highest BCUT2D eigenvalue weighted by Crippen LogP contribution is 1.97. The van der Waals surface area contributed by atoms with Crippen molar-refractivity contribution in [1.82, 2.24) is 14.9 Å². The van der Waals surface area contributed by atoms with Gasteiger partial charge in [0, 0.05) is 18.2 Å². The monoisotopic (exact) mass is 338 g/mol. The predicted molar refractivity (Wildman–Crippen MR) is 92.2 cm³/mol. The van der Waals surface area contributed by atoms with Crippen molar-refractivity contribution in [1.29, 1.82) is 0 Å². The number of carbonyl (C=O) groups is 1. The number of carbonyl (C=O) groups excluding carboxylic acids is 1. The fraction of sp³-hybridized carbons (Fsp3) is 0.625. The van der Waals surface area contributed by atoms with Gasteiger partial charge in [0.1, 0.15) is 6.10 Å². The van der Waals surface area contributed by atoms with Crippen molar-refractivity contribution < 1.29 is 9.63 Å². The van der Waals surface area contributed by atoms with Gasteiger partial charge in [0.05, 0.1) is 17.8 Å². The molecular weight excluding hydrogens is 312 g/mol. The van der Waals surface area contributed by atoms with Crippen LogP contribution in [-0.2, 0) is 16.2 Å². The molecule has 0 saturated heterocycles. The molecule has 0 aliphatic carbocycles. The van der Waals surface area contributed by atoms with Crippen LogP contribution in [0.1, 0.15) is 47.1 Å². The Hall–Kier alpha value is -2.38. The van der Waals surface area contributed by atoms with E-state index in [-0.39, 0.29) is 36.1 Å². The smallest absolute Gasteiger partial charge is 0.328 e. The average Bonchev–Trinajstić information content (AvgIpc) is 2.48. The fourth-order valence-corrected chi connectivity index (χ4v) is 1.90. The average molecular weight is 338 g/mol. The number of hydrogen-bond donors (Lipinski definition) is 2. The van der Waals surface area contributed by atoms with Crippen LogP contribution in [0.3, 0.4) is 0 Å². The molecule has 24 heavy (non-hydrogen) atoms. The van der Waals surface area contributed by atoms with Gasteiger partial charge in [0.25, 0.3) is 5.56 Å². The summed E-state index contributed by atoms with van der Waals surface area (Å²) in [4.78, 5) is 43.9. The number of oxime groups is 1. The lowest BCUT2D eigenvalue weighted by atomic mass is 10.2. The molecule has 0 radical (unpaired) electrons. The van der Waals surface area contributed by atoms with Gasteiger partial charge >= 0.3 is 5.69 Å². The summed E-state index contributed by atoms with van der Waals surface area (Å²) in [6.07, 6.45) is 1.21. The third-order valence-corrected chi connectivity index (χ3v) is 3.22. The Morgan fingerprint density at radius 1 is 1.29 bits per heavy atom. The Labute approximate surface area is 140 Å². The topological polar surface area (TPSA) is 106 Å². The predicted octanol–water partition coefficient (Wildman–Crippen LogP) is 0.846. The maximum Gasteiger partial charge on any atom is 0.328 e. The van der Waals surface area contributed by atoms with Crippen molar-refractivity contribution in [3.8, 4) is 0 Å². The number of H-pyrrole nitrogens is 1. The van der Waals surface area contributed by atoms with Crippen molar-refractivity contribution in [3.63, 3.8) is 0 Å². The lowest BCUT2D eigenvalue weighted by molar-refractivity contribution is -0.124. The molecule has 0 aliphatic rings. The highest BCUT2D eigenvalue weighted by molar-refractivity contribution is 5.97.